The van der Waals surface area contributed by atoms with Gasteiger partial charge in [-0.25, -0.2) is 9.37 Å². The molecule has 1 saturated carbocycles. The van der Waals surface area contributed by atoms with E-state index in [1.54, 1.807) is 0 Å². The minimum atomic E-state index is -0.666. The lowest BCUT2D eigenvalue weighted by Gasteiger charge is -2.42. The van der Waals surface area contributed by atoms with E-state index in [-0.39, 0.29) is 17.3 Å². The number of hydrogen-bond donors (Lipinski definition) is 1. The summed E-state index contributed by atoms with van der Waals surface area (Å²) in [6.07, 6.45) is 1.23. The van der Waals surface area contributed by atoms with E-state index in [9.17, 15) is 9.50 Å². The van der Waals surface area contributed by atoms with Crippen LogP contribution in [-0.4, -0.2) is 40.6 Å². The molecule has 0 spiro atoms. The van der Waals surface area contributed by atoms with Crippen LogP contribution in [0.15, 0.2) is 12.1 Å². The van der Waals surface area contributed by atoms with E-state index in [1.165, 1.54) is 6.07 Å². The predicted octanol–water partition coefficient (Wildman–Crippen LogP) is 2.34. The summed E-state index contributed by atoms with van der Waals surface area (Å²) in [7, 11) is -0.554. The molecule has 0 bridgehead atoms. The average Bonchev–Trinajstić information content (AvgIpc) is 2.81. The maximum absolute atomic E-state index is 14.9. The molecule has 0 atom stereocenters. The Bertz CT molecular complexity index is 815. The van der Waals surface area contributed by atoms with Gasteiger partial charge in [0.25, 0.3) is 0 Å². The molecule has 1 aliphatic heterocycles. The second-order valence-electron chi connectivity index (χ2n) is 8.58. The lowest BCUT2D eigenvalue weighted by molar-refractivity contribution is -0.0504. The van der Waals surface area contributed by atoms with Crippen LogP contribution < -0.4 is 5.46 Å². The van der Waals surface area contributed by atoms with Crippen LogP contribution in [0.5, 0.6) is 0 Å². The van der Waals surface area contributed by atoms with Gasteiger partial charge in [-0.2, -0.15) is 0 Å². The van der Waals surface area contributed by atoms with E-state index in [0.29, 0.717) is 42.6 Å². The zero-order valence-corrected chi connectivity index (χ0v) is 15.2. The number of halogens is 1. The Morgan fingerprint density at radius 3 is 2.48 bits per heavy atom. The quantitative estimate of drug-likeness (QED) is 0.848. The highest BCUT2D eigenvalue weighted by Gasteiger charge is 2.41. The molecule has 1 saturated heterocycles. The van der Waals surface area contributed by atoms with Crippen LogP contribution in [-0.2, 0) is 9.31 Å². The Balaban J connectivity index is 1.68. The average molecular weight is 346 g/mol. The molecule has 5 nitrogen and oxygen atoms in total. The molecule has 4 rings (SSSR count). The van der Waals surface area contributed by atoms with Crippen molar-refractivity contribution < 1.29 is 18.8 Å². The van der Waals surface area contributed by atoms with E-state index >= 15 is 0 Å². The van der Waals surface area contributed by atoms with Gasteiger partial charge in [-0.15, -0.1) is 0 Å². The third-order valence-corrected chi connectivity index (χ3v) is 5.18. The molecule has 134 valence electrons. The Morgan fingerprint density at radius 2 is 1.88 bits per heavy atom. The first-order valence-corrected chi connectivity index (χ1v) is 8.79. The molecule has 2 aromatic rings. The van der Waals surface area contributed by atoms with E-state index < -0.39 is 12.7 Å². The van der Waals surface area contributed by atoms with Crippen molar-refractivity contribution in [2.24, 2.45) is 5.41 Å². The summed E-state index contributed by atoms with van der Waals surface area (Å²) in [4.78, 5) is 4.54. The molecule has 0 amide bonds. The molecular weight excluding hydrogens is 322 g/mol. The van der Waals surface area contributed by atoms with Gasteiger partial charge in [0.1, 0.15) is 17.2 Å². The van der Waals surface area contributed by atoms with Gasteiger partial charge >= 0.3 is 7.12 Å². The van der Waals surface area contributed by atoms with Gasteiger partial charge in [0.05, 0.1) is 11.1 Å². The van der Waals surface area contributed by atoms with Crippen LogP contribution in [0.25, 0.3) is 11.0 Å². The van der Waals surface area contributed by atoms with Crippen molar-refractivity contribution in [1.29, 1.82) is 0 Å². The minimum absolute atomic E-state index is 0.0293. The van der Waals surface area contributed by atoms with Crippen molar-refractivity contribution in [3.05, 3.63) is 23.8 Å². The standard InChI is InChI=1S/C18H24BFN2O3/c1-11-21-15-6-12(19-24-9-17(2,3)10-25-19)5-14(20)16(15)22(11)13-7-18(4,23)8-13/h5-6,13,23H,7-10H2,1-4H3. The summed E-state index contributed by atoms with van der Waals surface area (Å²) in [6, 6.07) is 3.42. The molecule has 2 heterocycles. The molecule has 2 aliphatic rings. The SMILES string of the molecule is Cc1nc2cc(B3OCC(C)(C)CO3)cc(F)c2n1C1CC(C)(O)C1. The first kappa shape index (κ1) is 17.0. The molecule has 1 N–H and O–H groups in total. The number of imidazole rings is 1. The highest BCUT2D eigenvalue weighted by atomic mass is 19.1. The number of fused-ring (bicyclic) bond motifs is 1. The maximum atomic E-state index is 14.9. The largest absolute Gasteiger partial charge is 0.494 e. The fourth-order valence-electron chi connectivity index (χ4n) is 3.92. The van der Waals surface area contributed by atoms with Gasteiger partial charge in [0, 0.05) is 24.7 Å². The van der Waals surface area contributed by atoms with Crippen LogP contribution in [0.1, 0.15) is 45.5 Å². The number of hydrogen-bond acceptors (Lipinski definition) is 4. The summed E-state index contributed by atoms with van der Waals surface area (Å²) < 4.78 is 28.4. The first-order valence-electron chi connectivity index (χ1n) is 8.79. The topological polar surface area (TPSA) is 56.5 Å². The number of nitrogens with zero attached hydrogens (tertiary/aromatic N) is 2. The molecular formula is C18H24BFN2O3. The van der Waals surface area contributed by atoms with Crippen molar-refractivity contribution in [3.8, 4) is 0 Å². The molecule has 1 aromatic carbocycles. The van der Waals surface area contributed by atoms with Crippen molar-refractivity contribution in [2.75, 3.05) is 13.2 Å². The molecule has 1 aromatic heterocycles. The van der Waals surface area contributed by atoms with E-state index in [4.69, 9.17) is 9.31 Å². The van der Waals surface area contributed by atoms with Crippen molar-refractivity contribution in [2.45, 2.75) is 52.2 Å². The normalized spacial score (nSPS) is 29.0. The predicted molar refractivity (Wildman–Crippen MR) is 94.4 cm³/mol. The number of benzene rings is 1. The van der Waals surface area contributed by atoms with Gasteiger partial charge in [0.2, 0.25) is 0 Å². The molecule has 2 fully saturated rings. The second-order valence-corrected chi connectivity index (χ2v) is 8.58. The van der Waals surface area contributed by atoms with E-state index in [2.05, 4.69) is 18.8 Å². The second kappa shape index (κ2) is 5.53. The smallest absolute Gasteiger partial charge is 0.407 e. The third kappa shape index (κ3) is 2.98. The minimum Gasteiger partial charge on any atom is -0.407 e. The Morgan fingerprint density at radius 1 is 1.24 bits per heavy atom. The molecule has 1 aliphatic carbocycles. The zero-order valence-electron chi connectivity index (χ0n) is 15.2. The van der Waals surface area contributed by atoms with Crippen LogP contribution in [0, 0.1) is 18.2 Å². The number of aromatic nitrogens is 2. The fraction of sp³-hybridized carbons (Fsp3) is 0.611. The van der Waals surface area contributed by atoms with Crippen molar-refractivity contribution in [3.63, 3.8) is 0 Å². The molecule has 25 heavy (non-hydrogen) atoms. The fourth-order valence-corrected chi connectivity index (χ4v) is 3.92. The van der Waals surface area contributed by atoms with E-state index in [0.717, 1.165) is 5.82 Å². The summed E-state index contributed by atoms with van der Waals surface area (Å²) >= 11 is 0. The number of aryl methyl sites for hydroxylation is 1. The summed E-state index contributed by atoms with van der Waals surface area (Å²) in [5.74, 6) is 0.440. The summed E-state index contributed by atoms with van der Waals surface area (Å²) in [5, 5.41) is 10.0. The zero-order chi connectivity index (χ0) is 18.0. The highest BCUT2D eigenvalue weighted by molar-refractivity contribution is 6.61. The first-order chi connectivity index (χ1) is 11.7. The maximum Gasteiger partial charge on any atom is 0.494 e. The van der Waals surface area contributed by atoms with Gasteiger partial charge < -0.3 is 19.0 Å². The Kier molecular flexibility index (Phi) is 3.76. The number of rotatable bonds is 2. The van der Waals surface area contributed by atoms with Gasteiger partial charge in [-0.3, -0.25) is 0 Å². The van der Waals surface area contributed by atoms with Crippen LogP contribution in [0.4, 0.5) is 4.39 Å². The monoisotopic (exact) mass is 346 g/mol. The Labute approximate surface area is 147 Å². The lowest BCUT2D eigenvalue weighted by Crippen LogP contribution is -2.47. The van der Waals surface area contributed by atoms with Crippen molar-refractivity contribution >= 4 is 23.6 Å². The Hall–Kier alpha value is -1.44. The van der Waals surface area contributed by atoms with E-state index in [1.807, 2.05) is 24.5 Å². The van der Waals surface area contributed by atoms with Crippen LogP contribution >= 0.6 is 0 Å². The molecule has 0 unspecified atom stereocenters. The molecule has 7 heteroatoms. The van der Waals surface area contributed by atoms with Gasteiger partial charge in [-0.1, -0.05) is 13.8 Å². The van der Waals surface area contributed by atoms with Gasteiger partial charge in [-0.05, 0) is 44.3 Å². The number of aliphatic hydroxyl groups is 1. The third-order valence-electron chi connectivity index (χ3n) is 5.18. The van der Waals surface area contributed by atoms with Crippen molar-refractivity contribution in [1.82, 2.24) is 9.55 Å². The highest BCUT2D eigenvalue weighted by Crippen LogP contribution is 2.43. The van der Waals surface area contributed by atoms with Crippen LogP contribution in [0.3, 0.4) is 0 Å². The summed E-state index contributed by atoms with van der Waals surface area (Å²) in [5.41, 5.74) is 1.07. The van der Waals surface area contributed by atoms with Gasteiger partial charge in [0.15, 0.2) is 0 Å². The van der Waals surface area contributed by atoms with Crippen LogP contribution in [0.2, 0.25) is 0 Å². The molecule has 0 radical (unpaired) electrons. The lowest BCUT2D eigenvalue weighted by atomic mass is 9.75. The summed E-state index contributed by atoms with van der Waals surface area (Å²) in [6.45, 7) is 8.98.